The molecule has 0 unspecified atom stereocenters. The van der Waals surface area contributed by atoms with Crippen LogP contribution in [-0.4, -0.2) is 41.6 Å². The molecule has 0 radical (unpaired) electrons. The molecule has 1 aromatic heterocycles. The Balaban J connectivity index is 1.85. The molecule has 3 heterocycles. The van der Waals surface area contributed by atoms with Crippen molar-refractivity contribution in [1.82, 2.24) is 4.98 Å². The predicted octanol–water partition coefficient (Wildman–Crippen LogP) is 7.50. The van der Waals surface area contributed by atoms with Gasteiger partial charge >= 0.3 is 14.2 Å². The van der Waals surface area contributed by atoms with Gasteiger partial charge in [0.25, 0.3) is 0 Å². The van der Waals surface area contributed by atoms with E-state index < -0.39 is 36.6 Å². The van der Waals surface area contributed by atoms with E-state index in [1.165, 1.54) is 0 Å². The summed E-state index contributed by atoms with van der Waals surface area (Å²) in [5.41, 5.74) is 1.29. The lowest BCUT2D eigenvalue weighted by Gasteiger charge is -2.32. The smallest absolute Gasteiger partial charge is 0.487 e. The fourth-order valence-electron chi connectivity index (χ4n) is 4.39. The lowest BCUT2D eigenvalue weighted by atomic mass is 9.61. The van der Waals surface area contributed by atoms with E-state index in [1.807, 2.05) is 58.0 Å². The van der Waals surface area contributed by atoms with Crippen LogP contribution < -0.4 is 4.74 Å². The molecule has 0 atom stereocenters. The minimum atomic E-state index is -0.668. The van der Waals surface area contributed by atoms with E-state index in [0.29, 0.717) is 17.2 Å². The third-order valence-electron chi connectivity index (χ3n) is 8.19. The summed E-state index contributed by atoms with van der Waals surface area (Å²) in [6, 6.07) is 9.43. The summed E-state index contributed by atoms with van der Waals surface area (Å²) in [6.07, 6.45) is 2.40. The topological polar surface area (TPSA) is 59.0 Å². The van der Waals surface area contributed by atoms with Gasteiger partial charge in [-0.2, -0.15) is 0 Å². The molecule has 0 aliphatic carbocycles. The molecule has 0 saturated carbocycles. The third kappa shape index (κ3) is 5.61. The van der Waals surface area contributed by atoms with Crippen LogP contribution in [0.15, 0.2) is 46.5 Å². The highest BCUT2D eigenvalue weighted by Gasteiger charge is 2.57. The zero-order valence-corrected chi connectivity index (χ0v) is 26.1. The van der Waals surface area contributed by atoms with Crippen molar-refractivity contribution in [2.45, 2.75) is 97.7 Å². The van der Waals surface area contributed by atoms with Crippen molar-refractivity contribution < 1.29 is 23.4 Å². The molecule has 2 aromatic rings. The second kappa shape index (κ2) is 10.6. The summed E-state index contributed by atoms with van der Waals surface area (Å²) in [7, 11) is -1.24. The second-order valence-electron chi connectivity index (χ2n) is 11.8. The van der Waals surface area contributed by atoms with Gasteiger partial charge in [0.05, 0.1) is 28.1 Å². The van der Waals surface area contributed by atoms with Crippen molar-refractivity contribution in [3.63, 3.8) is 0 Å². The minimum absolute atomic E-state index is 0.253. The first-order chi connectivity index (χ1) is 17.6. The van der Waals surface area contributed by atoms with Crippen molar-refractivity contribution in [2.75, 3.05) is 0 Å². The Kier molecular flexibility index (Phi) is 8.24. The van der Waals surface area contributed by atoms with E-state index in [-0.39, 0.29) is 6.61 Å². The van der Waals surface area contributed by atoms with E-state index in [1.54, 1.807) is 6.20 Å². The molecule has 1 aromatic carbocycles. The van der Waals surface area contributed by atoms with Gasteiger partial charge in [0, 0.05) is 21.3 Å². The normalized spacial score (nSPS) is 22.0. The standard InChI is InChI=1S/C28H37B2BrClNO5/c1-10-20(29-35-25(2,3)26(4,5)36-29)24(30-37-27(6,7)28(8,9)38-30)19-14-13-18(32)16-23(19)34-17-22-21(31)12-11-15-33-22/h11-16H,10,17H2,1-9H3. The molecular formula is C28H37B2BrClNO5. The number of hydrogen-bond donors (Lipinski definition) is 0. The van der Waals surface area contributed by atoms with Crippen molar-refractivity contribution in [1.29, 1.82) is 0 Å². The van der Waals surface area contributed by atoms with Gasteiger partial charge in [-0.05, 0) is 113 Å². The molecule has 38 heavy (non-hydrogen) atoms. The van der Waals surface area contributed by atoms with Gasteiger partial charge < -0.3 is 23.4 Å². The van der Waals surface area contributed by atoms with Crippen LogP contribution >= 0.6 is 27.5 Å². The largest absolute Gasteiger partial charge is 0.494 e. The summed E-state index contributed by atoms with van der Waals surface area (Å²) in [6.45, 7) is 18.7. The first-order valence-corrected chi connectivity index (χ1v) is 14.2. The van der Waals surface area contributed by atoms with Crippen LogP contribution in [0.2, 0.25) is 5.02 Å². The van der Waals surface area contributed by atoms with Gasteiger partial charge in [-0.25, -0.2) is 0 Å². The van der Waals surface area contributed by atoms with Gasteiger partial charge in [-0.3, -0.25) is 4.98 Å². The molecule has 0 bridgehead atoms. The number of halogens is 2. The molecular weight excluding hydrogens is 567 g/mol. The number of ether oxygens (including phenoxy) is 1. The number of pyridine rings is 1. The molecule has 10 heteroatoms. The van der Waals surface area contributed by atoms with Crippen LogP contribution in [-0.2, 0) is 25.2 Å². The lowest BCUT2D eigenvalue weighted by Crippen LogP contribution is -2.41. The van der Waals surface area contributed by atoms with E-state index in [0.717, 1.165) is 26.7 Å². The predicted molar refractivity (Wildman–Crippen MR) is 157 cm³/mol. The van der Waals surface area contributed by atoms with Crippen LogP contribution in [0.4, 0.5) is 0 Å². The van der Waals surface area contributed by atoms with Crippen LogP contribution in [0.3, 0.4) is 0 Å². The summed E-state index contributed by atoms with van der Waals surface area (Å²) in [4.78, 5) is 4.45. The molecule has 0 N–H and O–H groups in total. The quantitative estimate of drug-likeness (QED) is 0.305. The van der Waals surface area contributed by atoms with E-state index >= 15 is 0 Å². The van der Waals surface area contributed by atoms with Gasteiger partial charge in [0.15, 0.2) is 0 Å². The zero-order chi connectivity index (χ0) is 28.1. The maximum atomic E-state index is 6.59. The van der Waals surface area contributed by atoms with E-state index in [9.17, 15) is 0 Å². The summed E-state index contributed by atoms with van der Waals surface area (Å²) in [5, 5.41) is 0.561. The molecule has 0 spiro atoms. The summed E-state index contributed by atoms with van der Waals surface area (Å²) < 4.78 is 33.5. The molecule has 6 nitrogen and oxygen atoms in total. The minimum Gasteiger partial charge on any atom is -0.487 e. The Bertz CT molecular complexity index is 1200. The number of aromatic nitrogens is 1. The van der Waals surface area contributed by atoms with Crippen LogP contribution in [0.1, 0.15) is 80.0 Å². The summed E-state index contributed by atoms with van der Waals surface area (Å²) in [5.74, 6) is 0.599. The Morgan fingerprint density at radius 2 is 1.45 bits per heavy atom. The van der Waals surface area contributed by atoms with Crippen molar-refractivity contribution >= 4 is 47.2 Å². The van der Waals surface area contributed by atoms with E-state index in [2.05, 4.69) is 55.5 Å². The number of benzene rings is 1. The molecule has 2 saturated heterocycles. The number of nitrogens with zero attached hydrogens (tertiary/aromatic N) is 1. The zero-order valence-electron chi connectivity index (χ0n) is 23.8. The Morgan fingerprint density at radius 1 is 0.895 bits per heavy atom. The monoisotopic (exact) mass is 603 g/mol. The van der Waals surface area contributed by atoms with Crippen molar-refractivity contribution in [2.24, 2.45) is 0 Å². The Hall–Kier alpha value is -1.35. The highest BCUT2D eigenvalue weighted by molar-refractivity contribution is 9.10. The molecule has 2 aliphatic rings. The molecule has 0 amide bonds. The fraction of sp³-hybridized carbons (Fsp3) is 0.536. The maximum absolute atomic E-state index is 6.59. The molecule has 2 fully saturated rings. The van der Waals surface area contributed by atoms with Crippen LogP contribution in [0, 0.1) is 0 Å². The SMILES string of the molecule is CCC(B1OC(C)(C)C(C)(C)O1)=C(B1OC(C)(C)C(C)(C)O1)c1ccc(Cl)cc1OCc1ncccc1Br. The van der Waals surface area contributed by atoms with Crippen molar-refractivity contribution in [3.8, 4) is 5.75 Å². The number of hydrogen-bond acceptors (Lipinski definition) is 6. The van der Waals surface area contributed by atoms with Gasteiger partial charge in [-0.15, -0.1) is 0 Å². The second-order valence-corrected chi connectivity index (χ2v) is 13.1. The van der Waals surface area contributed by atoms with Crippen LogP contribution in [0.25, 0.3) is 5.47 Å². The van der Waals surface area contributed by atoms with Gasteiger partial charge in [-0.1, -0.05) is 24.6 Å². The van der Waals surface area contributed by atoms with Crippen molar-refractivity contribution in [3.05, 3.63) is 62.8 Å². The third-order valence-corrected chi connectivity index (χ3v) is 9.14. The Morgan fingerprint density at radius 3 is 1.97 bits per heavy atom. The average Bonchev–Trinajstić information content (AvgIpc) is 3.16. The fourth-order valence-corrected chi connectivity index (χ4v) is 4.92. The average molecular weight is 605 g/mol. The highest BCUT2D eigenvalue weighted by Crippen LogP contribution is 2.46. The molecule has 4 rings (SSSR count). The summed E-state index contributed by atoms with van der Waals surface area (Å²) >= 11 is 10.0. The molecule has 2 aliphatic heterocycles. The first-order valence-electron chi connectivity index (χ1n) is 13.0. The Labute approximate surface area is 241 Å². The number of allylic oxidation sites excluding steroid dienone is 1. The van der Waals surface area contributed by atoms with E-state index in [4.69, 9.17) is 35.0 Å². The number of rotatable bonds is 7. The van der Waals surface area contributed by atoms with Crippen LogP contribution in [0.5, 0.6) is 5.75 Å². The van der Waals surface area contributed by atoms with Gasteiger partial charge in [0.2, 0.25) is 0 Å². The first kappa shape index (κ1) is 29.6. The molecule has 204 valence electrons. The highest BCUT2D eigenvalue weighted by atomic mass is 79.9. The van der Waals surface area contributed by atoms with Gasteiger partial charge in [0.1, 0.15) is 12.4 Å². The lowest BCUT2D eigenvalue weighted by molar-refractivity contribution is 0.00578. The maximum Gasteiger partial charge on any atom is 0.494 e.